The van der Waals surface area contributed by atoms with Gasteiger partial charge in [-0.25, -0.2) is 12.8 Å². The van der Waals surface area contributed by atoms with Crippen molar-refractivity contribution in [3.8, 4) is 5.75 Å². The van der Waals surface area contributed by atoms with Crippen LogP contribution in [0.3, 0.4) is 0 Å². The van der Waals surface area contributed by atoms with E-state index in [1.807, 2.05) is 13.8 Å². The minimum Gasteiger partial charge on any atom is -0.494 e. The number of rotatable bonds is 13. The molecule has 2 amide bonds. The van der Waals surface area contributed by atoms with Crippen molar-refractivity contribution in [3.63, 3.8) is 0 Å². The molecule has 214 valence electrons. The van der Waals surface area contributed by atoms with Crippen molar-refractivity contribution in [2.75, 3.05) is 24.0 Å². The molecule has 3 aromatic carbocycles. The van der Waals surface area contributed by atoms with Gasteiger partial charge in [0, 0.05) is 18.1 Å². The predicted molar refractivity (Wildman–Crippen MR) is 153 cm³/mol. The molecule has 1 N–H and O–H groups in total. The van der Waals surface area contributed by atoms with Crippen LogP contribution in [0.5, 0.6) is 5.75 Å². The normalized spacial score (nSPS) is 11.9. The number of hydrogen-bond donors (Lipinski definition) is 1. The molecule has 0 aliphatic carbocycles. The van der Waals surface area contributed by atoms with Crippen LogP contribution < -0.4 is 14.4 Å². The molecule has 0 aliphatic heterocycles. The fourth-order valence-corrected chi connectivity index (χ4v) is 5.44. The second-order valence-corrected chi connectivity index (χ2v) is 11.3. The summed E-state index contributed by atoms with van der Waals surface area (Å²) in [6.45, 7) is 5.63. The molecule has 3 rings (SSSR count). The second-order valence-electron chi connectivity index (χ2n) is 9.01. The second kappa shape index (κ2) is 14.1. The minimum atomic E-state index is -4.30. The van der Waals surface area contributed by atoms with E-state index in [1.54, 1.807) is 43.3 Å². The molecular formula is C29H33ClFN3O5S. The molecular weight excluding hydrogens is 557 g/mol. The monoisotopic (exact) mass is 589 g/mol. The first-order chi connectivity index (χ1) is 19.1. The number of sulfonamides is 1. The molecule has 11 heteroatoms. The minimum absolute atomic E-state index is 0.0461. The van der Waals surface area contributed by atoms with E-state index in [0.717, 1.165) is 28.6 Å². The number of carbonyl (C=O) groups excluding carboxylic acids is 2. The third-order valence-corrected chi connectivity index (χ3v) is 8.14. The number of amides is 2. The summed E-state index contributed by atoms with van der Waals surface area (Å²) in [5.74, 6) is -1.03. The highest BCUT2D eigenvalue weighted by molar-refractivity contribution is 7.92. The predicted octanol–water partition coefficient (Wildman–Crippen LogP) is 5.02. The van der Waals surface area contributed by atoms with Crippen molar-refractivity contribution in [3.05, 3.63) is 89.2 Å². The third kappa shape index (κ3) is 7.95. The van der Waals surface area contributed by atoms with Gasteiger partial charge < -0.3 is 15.0 Å². The molecule has 0 bridgehead atoms. The highest BCUT2D eigenvalue weighted by Crippen LogP contribution is 2.27. The van der Waals surface area contributed by atoms with Gasteiger partial charge in [0.15, 0.2) is 0 Å². The van der Waals surface area contributed by atoms with Gasteiger partial charge in [-0.3, -0.25) is 13.9 Å². The van der Waals surface area contributed by atoms with Crippen LogP contribution >= 0.6 is 11.6 Å². The van der Waals surface area contributed by atoms with Crippen LogP contribution in [-0.4, -0.2) is 50.9 Å². The molecule has 0 aromatic heterocycles. The van der Waals surface area contributed by atoms with Crippen molar-refractivity contribution in [1.29, 1.82) is 0 Å². The van der Waals surface area contributed by atoms with Crippen molar-refractivity contribution in [2.24, 2.45) is 0 Å². The Balaban J connectivity index is 2.01. The molecule has 0 aliphatic rings. The summed E-state index contributed by atoms with van der Waals surface area (Å²) in [4.78, 5) is 27.9. The van der Waals surface area contributed by atoms with Crippen molar-refractivity contribution >= 4 is 39.1 Å². The number of nitrogens with zero attached hydrogens (tertiary/aromatic N) is 2. The fraction of sp³-hybridized carbons (Fsp3) is 0.310. The van der Waals surface area contributed by atoms with E-state index in [9.17, 15) is 22.4 Å². The number of hydrogen-bond acceptors (Lipinski definition) is 5. The summed E-state index contributed by atoms with van der Waals surface area (Å²) in [6.07, 6.45) is 0.713. The van der Waals surface area contributed by atoms with E-state index in [2.05, 4.69) is 5.32 Å². The molecule has 40 heavy (non-hydrogen) atoms. The number of carbonyl (C=O) groups is 2. The molecule has 0 radical (unpaired) electrons. The van der Waals surface area contributed by atoms with E-state index < -0.39 is 34.3 Å². The number of ether oxygens (including phenoxy) is 1. The lowest BCUT2D eigenvalue weighted by molar-refractivity contribution is -0.139. The number of benzene rings is 3. The van der Waals surface area contributed by atoms with Gasteiger partial charge in [0.25, 0.3) is 10.0 Å². The maximum absolute atomic E-state index is 13.8. The maximum atomic E-state index is 13.8. The van der Waals surface area contributed by atoms with Crippen LogP contribution in [-0.2, 0) is 26.2 Å². The number of anilines is 1. The Hall–Kier alpha value is -3.63. The van der Waals surface area contributed by atoms with E-state index >= 15 is 0 Å². The Morgan fingerprint density at radius 3 is 2.17 bits per heavy atom. The van der Waals surface area contributed by atoms with E-state index in [4.69, 9.17) is 16.3 Å². The molecule has 3 aromatic rings. The molecule has 8 nitrogen and oxygen atoms in total. The summed E-state index contributed by atoms with van der Waals surface area (Å²) >= 11 is 6.02. The van der Waals surface area contributed by atoms with Crippen LogP contribution in [0, 0.1) is 5.82 Å². The van der Waals surface area contributed by atoms with Crippen molar-refractivity contribution in [1.82, 2.24) is 10.2 Å². The third-order valence-electron chi connectivity index (χ3n) is 6.10. The maximum Gasteiger partial charge on any atom is 0.264 e. The van der Waals surface area contributed by atoms with Crippen LogP contribution in [0.4, 0.5) is 10.1 Å². The Morgan fingerprint density at radius 1 is 0.975 bits per heavy atom. The highest BCUT2D eigenvalue weighted by Gasteiger charge is 2.32. The summed E-state index contributed by atoms with van der Waals surface area (Å²) in [6, 6.07) is 16.5. The smallest absolute Gasteiger partial charge is 0.264 e. The molecule has 0 heterocycles. The molecule has 0 saturated heterocycles. The van der Waals surface area contributed by atoms with E-state index in [-0.39, 0.29) is 23.0 Å². The number of halogens is 2. The SMILES string of the molecule is CCCNC(=O)C(C)N(Cc1ccc(Cl)cc1)C(=O)CN(c1ccc(OCC)cc1)S(=O)(=O)c1ccc(F)cc1. The van der Waals surface area contributed by atoms with Gasteiger partial charge in [-0.05, 0) is 86.5 Å². The van der Waals surface area contributed by atoms with Crippen LogP contribution in [0.25, 0.3) is 0 Å². The standard InChI is InChI=1S/C29H33ClFN3O5S/c1-4-18-32-29(36)21(3)33(19-22-6-8-23(30)9-7-22)28(35)20-34(25-12-14-26(15-13-25)39-5-2)40(37,38)27-16-10-24(31)11-17-27/h6-17,21H,4-5,18-20H2,1-3H3,(H,32,36). The molecule has 0 saturated carbocycles. The largest absolute Gasteiger partial charge is 0.494 e. The van der Waals surface area contributed by atoms with Gasteiger partial charge >= 0.3 is 0 Å². The van der Waals surface area contributed by atoms with Gasteiger partial charge in [-0.1, -0.05) is 30.7 Å². The lowest BCUT2D eigenvalue weighted by Gasteiger charge is -2.32. The summed E-state index contributed by atoms with van der Waals surface area (Å²) < 4.78 is 47.5. The van der Waals surface area contributed by atoms with Gasteiger partial charge in [-0.2, -0.15) is 0 Å². The lowest BCUT2D eigenvalue weighted by Crippen LogP contribution is -2.51. The highest BCUT2D eigenvalue weighted by atomic mass is 35.5. The molecule has 0 spiro atoms. The molecule has 0 fully saturated rings. The van der Waals surface area contributed by atoms with E-state index in [0.29, 0.717) is 35.9 Å². The lowest BCUT2D eigenvalue weighted by atomic mass is 10.1. The average Bonchev–Trinajstić information content (AvgIpc) is 2.94. The van der Waals surface area contributed by atoms with E-state index in [1.165, 1.54) is 17.0 Å². The first kappa shape index (κ1) is 30.9. The Kier molecular flexibility index (Phi) is 10.9. The topological polar surface area (TPSA) is 96.0 Å². The van der Waals surface area contributed by atoms with Gasteiger partial charge in [0.1, 0.15) is 24.2 Å². The Labute approximate surface area is 239 Å². The van der Waals surface area contributed by atoms with Crippen LogP contribution in [0.15, 0.2) is 77.7 Å². The van der Waals surface area contributed by atoms with Gasteiger partial charge in [0.2, 0.25) is 11.8 Å². The van der Waals surface area contributed by atoms with Crippen molar-refractivity contribution in [2.45, 2.75) is 44.7 Å². The zero-order chi connectivity index (χ0) is 29.3. The Bertz CT molecular complexity index is 1380. The zero-order valence-electron chi connectivity index (χ0n) is 22.6. The van der Waals surface area contributed by atoms with Crippen molar-refractivity contribution < 1.29 is 27.1 Å². The fourth-order valence-electron chi connectivity index (χ4n) is 3.90. The first-order valence-corrected chi connectivity index (χ1v) is 14.7. The van der Waals surface area contributed by atoms with Gasteiger partial charge in [0.05, 0.1) is 17.2 Å². The van der Waals surface area contributed by atoms with Gasteiger partial charge in [-0.15, -0.1) is 0 Å². The average molecular weight is 590 g/mol. The van der Waals surface area contributed by atoms with Crippen LogP contribution in [0.2, 0.25) is 5.02 Å². The molecule has 1 atom stereocenters. The quantitative estimate of drug-likeness (QED) is 0.302. The number of nitrogens with one attached hydrogen (secondary N) is 1. The zero-order valence-corrected chi connectivity index (χ0v) is 24.2. The Morgan fingerprint density at radius 2 is 1.60 bits per heavy atom. The first-order valence-electron chi connectivity index (χ1n) is 12.9. The summed E-state index contributed by atoms with van der Waals surface area (Å²) in [7, 11) is -4.30. The summed E-state index contributed by atoms with van der Waals surface area (Å²) in [5, 5.41) is 3.31. The summed E-state index contributed by atoms with van der Waals surface area (Å²) in [5.41, 5.74) is 0.914. The molecule has 1 unspecified atom stereocenters. The van der Waals surface area contributed by atoms with Crippen LogP contribution in [0.1, 0.15) is 32.8 Å².